The predicted octanol–water partition coefficient (Wildman–Crippen LogP) is 2.80. The Kier molecular flexibility index (Phi) is 6.60. The first-order valence-electron chi connectivity index (χ1n) is 8.92. The topological polar surface area (TPSA) is 126 Å². The molecule has 0 aliphatic carbocycles. The van der Waals surface area contributed by atoms with Gasteiger partial charge in [-0.1, -0.05) is 12.1 Å². The second-order valence-corrected chi connectivity index (χ2v) is 7.99. The zero-order valence-corrected chi connectivity index (χ0v) is 16.6. The van der Waals surface area contributed by atoms with Crippen molar-refractivity contribution in [2.45, 2.75) is 18.0 Å². The Morgan fingerprint density at radius 2 is 1.87 bits per heavy atom. The average Bonchev–Trinajstić information content (AvgIpc) is 2.73. The quantitative estimate of drug-likeness (QED) is 0.459. The minimum Gasteiger partial charge on any atom is -0.334 e. The van der Waals surface area contributed by atoms with Gasteiger partial charge in [0.2, 0.25) is 0 Å². The molecule has 1 aromatic heterocycles. The molecule has 0 fully saturated rings. The Hall–Kier alpha value is -3.50. The molecular formula is C20H20FN5O3S. The summed E-state index contributed by atoms with van der Waals surface area (Å²) in [4.78, 5) is 15.9. The Balaban J connectivity index is 1.64. The second-order valence-electron chi connectivity index (χ2n) is 6.30. The highest BCUT2D eigenvalue weighted by atomic mass is 32.2. The smallest absolute Gasteiger partial charge is 0.319 e. The molecule has 0 bridgehead atoms. The van der Waals surface area contributed by atoms with Crippen LogP contribution in [0.5, 0.6) is 0 Å². The van der Waals surface area contributed by atoms with E-state index in [0.717, 1.165) is 11.6 Å². The van der Waals surface area contributed by atoms with Crippen LogP contribution in [0.4, 0.5) is 20.6 Å². The van der Waals surface area contributed by atoms with E-state index in [0.29, 0.717) is 17.8 Å². The summed E-state index contributed by atoms with van der Waals surface area (Å²) in [5.74, 6) is -0.582. The number of nitrogens with one attached hydrogen (secondary N) is 3. The van der Waals surface area contributed by atoms with Crippen LogP contribution >= 0.6 is 0 Å². The average molecular weight is 429 g/mol. The van der Waals surface area contributed by atoms with E-state index in [2.05, 4.69) is 20.3 Å². The highest BCUT2D eigenvalue weighted by Crippen LogP contribution is 2.22. The van der Waals surface area contributed by atoms with Crippen LogP contribution in [0, 0.1) is 5.82 Å². The molecular weight excluding hydrogens is 409 g/mol. The molecule has 0 saturated carbocycles. The lowest BCUT2D eigenvalue weighted by Gasteiger charge is -2.12. The Labute approximate surface area is 173 Å². The predicted molar refractivity (Wildman–Crippen MR) is 112 cm³/mol. The van der Waals surface area contributed by atoms with Crippen LogP contribution in [0.25, 0.3) is 0 Å². The van der Waals surface area contributed by atoms with E-state index in [1.807, 2.05) is 6.07 Å². The SMILES string of the molecule is NCc1ccc(F)cc1NS(=O)(=O)c1ccc(NC(=O)NCc2cccnc2)cc1. The number of anilines is 2. The number of benzene rings is 2. The summed E-state index contributed by atoms with van der Waals surface area (Å²) in [5, 5.41) is 5.29. The molecule has 0 saturated heterocycles. The maximum Gasteiger partial charge on any atom is 0.319 e. The van der Waals surface area contributed by atoms with Gasteiger partial charge in [0.1, 0.15) is 5.82 Å². The van der Waals surface area contributed by atoms with Gasteiger partial charge in [-0.05, 0) is 53.6 Å². The molecule has 5 N–H and O–H groups in total. The minimum atomic E-state index is -3.96. The lowest BCUT2D eigenvalue weighted by Crippen LogP contribution is -2.28. The maximum atomic E-state index is 13.5. The highest BCUT2D eigenvalue weighted by Gasteiger charge is 2.16. The number of rotatable bonds is 7. The van der Waals surface area contributed by atoms with Gasteiger partial charge in [0, 0.05) is 31.2 Å². The first-order chi connectivity index (χ1) is 14.4. The summed E-state index contributed by atoms with van der Waals surface area (Å²) < 4.78 is 41.0. The zero-order chi connectivity index (χ0) is 21.6. The third kappa shape index (κ3) is 5.52. The van der Waals surface area contributed by atoms with Crippen LogP contribution in [0.15, 0.2) is 71.9 Å². The van der Waals surface area contributed by atoms with Crippen molar-refractivity contribution in [3.63, 3.8) is 0 Å². The fourth-order valence-corrected chi connectivity index (χ4v) is 3.69. The van der Waals surface area contributed by atoms with Crippen LogP contribution in [-0.2, 0) is 23.1 Å². The molecule has 3 aromatic rings. The summed E-state index contributed by atoms with van der Waals surface area (Å²) in [6.07, 6.45) is 3.28. The van der Waals surface area contributed by atoms with Gasteiger partial charge in [0.05, 0.1) is 10.6 Å². The Morgan fingerprint density at radius 1 is 1.10 bits per heavy atom. The van der Waals surface area contributed by atoms with E-state index in [9.17, 15) is 17.6 Å². The number of carbonyl (C=O) groups is 1. The maximum absolute atomic E-state index is 13.5. The van der Waals surface area contributed by atoms with E-state index in [4.69, 9.17) is 5.73 Å². The van der Waals surface area contributed by atoms with Crippen molar-refractivity contribution in [2.75, 3.05) is 10.0 Å². The Morgan fingerprint density at radius 3 is 2.53 bits per heavy atom. The first-order valence-corrected chi connectivity index (χ1v) is 10.4. The number of carbonyl (C=O) groups excluding carboxylic acids is 1. The summed E-state index contributed by atoms with van der Waals surface area (Å²) in [6.45, 7) is 0.350. The van der Waals surface area contributed by atoms with E-state index >= 15 is 0 Å². The van der Waals surface area contributed by atoms with Crippen molar-refractivity contribution < 1.29 is 17.6 Å². The summed E-state index contributed by atoms with van der Waals surface area (Å²) in [5.41, 5.74) is 7.37. The third-order valence-corrected chi connectivity index (χ3v) is 5.52. The molecule has 30 heavy (non-hydrogen) atoms. The largest absolute Gasteiger partial charge is 0.334 e. The monoisotopic (exact) mass is 429 g/mol. The third-order valence-electron chi connectivity index (χ3n) is 4.13. The van der Waals surface area contributed by atoms with Crippen molar-refractivity contribution in [3.05, 3.63) is 83.9 Å². The molecule has 2 amide bonds. The molecule has 0 aliphatic rings. The number of urea groups is 1. The van der Waals surface area contributed by atoms with Gasteiger partial charge < -0.3 is 16.4 Å². The standard InChI is InChI=1S/C20H20FN5O3S/c21-16-4-3-15(11-22)19(10-16)26-30(28,29)18-7-5-17(6-8-18)25-20(27)24-13-14-2-1-9-23-12-14/h1-10,12,26H,11,13,22H2,(H2,24,25,27). The highest BCUT2D eigenvalue weighted by molar-refractivity contribution is 7.92. The van der Waals surface area contributed by atoms with E-state index in [-0.39, 0.29) is 17.1 Å². The van der Waals surface area contributed by atoms with Gasteiger partial charge in [0.15, 0.2) is 0 Å². The number of hydrogen-bond donors (Lipinski definition) is 4. The number of halogens is 1. The van der Waals surface area contributed by atoms with Crippen molar-refractivity contribution in [3.8, 4) is 0 Å². The first kappa shape index (κ1) is 21.2. The number of nitrogens with two attached hydrogens (primary N) is 1. The molecule has 0 spiro atoms. The lowest BCUT2D eigenvalue weighted by molar-refractivity contribution is 0.251. The normalized spacial score (nSPS) is 11.0. The van der Waals surface area contributed by atoms with E-state index in [1.165, 1.54) is 36.4 Å². The van der Waals surface area contributed by atoms with Gasteiger partial charge in [-0.25, -0.2) is 17.6 Å². The molecule has 1 heterocycles. The minimum absolute atomic E-state index is 0.0453. The van der Waals surface area contributed by atoms with E-state index < -0.39 is 21.9 Å². The number of nitrogens with zero attached hydrogens (tertiary/aromatic N) is 1. The van der Waals surface area contributed by atoms with Crippen molar-refractivity contribution >= 4 is 27.4 Å². The summed E-state index contributed by atoms with van der Waals surface area (Å²) in [6, 6.07) is 12.4. The molecule has 3 rings (SSSR count). The van der Waals surface area contributed by atoms with E-state index in [1.54, 1.807) is 18.5 Å². The molecule has 0 atom stereocenters. The second kappa shape index (κ2) is 9.33. The van der Waals surface area contributed by atoms with Crippen LogP contribution in [0.3, 0.4) is 0 Å². The molecule has 0 radical (unpaired) electrons. The Bertz CT molecular complexity index is 1120. The summed E-state index contributed by atoms with van der Waals surface area (Å²) >= 11 is 0. The number of hydrogen-bond acceptors (Lipinski definition) is 5. The van der Waals surface area contributed by atoms with Crippen molar-refractivity contribution in [1.29, 1.82) is 0 Å². The number of pyridine rings is 1. The number of sulfonamides is 1. The van der Waals surface area contributed by atoms with Crippen LogP contribution < -0.4 is 21.1 Å². The molecule has 8 nitrogen and oxygen atoms in total. The van der Waals surface area contributed by atoms with Gasteiger partial charge >= 0.3 is 6.03 Å². The van der Waals surface area contributed by atoms with Crippen LogP contribution in [0.2, 0.25) is 0 Å². The van der Waals surface area contributed by atoms with Crippen LogP contribution in [0.1, 0.15) is 11.1 Å². The number of aromatic nitrogens is 1. The van der Waals surface area contributed by atoms with Gasteiger partial charge in [-0.15, -0.1) is 0 Å². The van der Waals surface area contributed by atoms with Crippen molar-refractivity contribution in [1.82, 2.24) is 10.3 Å². The number of amides is 2. The van der Waals surface area contributed by atoms with Gasteiger partial charge in [-0.3, -0.25) is 9.71 Å². The zero-order valence-electron chi connectivity index (χ0n) is 15.8. The van der Waals surface area contributed by atoms with Crippen molar-refractivity contribution in [2.24, 2.45) is 5.73 Å². The molecule has 0 unspecified atom stereocenters. The van der Waals surface area contributed by atoms with Crippen LogP contribution in [-0.4, -0.2) is 19.4 Å². The molecule has 2 aromatic carbocycles. The summed E-state index contributed by atoms with van der Waals surface area (Å²) in [7, 11) is -3.96. The van der Waals surface area contributed by atoms with Gasteiger partial charge in [0.25, 0.3) is 10.0 Å². The fourth-order valence-electron chi connectivity index (χ4n) is 2.60. The molecule has 10 heteroatoms. The fraction of sp³-hybridized carbons (Fsp3) is 0.100. The molecule has 0 aliphatic heterocycles. The van der Waals surface area contributed by atoms with Gasteiger partial charge in [-0.2, -0.15) is 0 Å². The lowest BCUT2D eigenvalue weighted by atomic mass is 10.2. The molecule has 156 valence electrons.